The zero-order valence-corrected chi connectivity index (χ0v) is 11.4. The molecule has 1 aliphatic carbocycles. The van der Waals surface area contributed by atoms with Crippen LogP contribution in [0.4, 0.5) is 5.69 Å². The summed E-state index contributed by atoms with van der Waals surface area (Å²) in [7, 11) is 0. The number of nitrogen functional groups attached to an aromatic ring is 1. The van der Waals surface area contributed by atoms with Crippen molar-refractivity contribution in [1.29, 1.82) is 0 Å². The Hall–Kier alpha value is -1.71. The number of rotatable bonds is 6. The summed E-state index contributed by atoms with van der Waals surface area (Å²) in [4.78, 5) is 11.7. The highest BCUT2D eigenvalue weighted by molar-refractivity contribution is 5.76. The zero-order valence-electron chi connectivity index (χ0n) is 11.4. The summed E-state index contributed by atoms with van der Waals surface area (Å²) in [6, 6.07) is 7.23. The average Bonchev–Trinajstić information content (AvgIpc) is 2.34. The number of anilines is 1. The van der Waals surface area contributed by atoms with Gasteiger partial charge >= 0.3 is 0 Å². The maximum atomic E-state index is 11.7. The van der Waals surface area contributed by atoms with E-state index >= 15 is 0 Å². The van der Waals surface area contributed by atoms with E-state index in [0.29, 0.717) is 29.9 Å². The number of benzene rings is 1. The molecule has 1 aliphatic rings. The van der Waals surface area contributed by atoms with Crippen molar-refractivity contribution in [1.82, 2.24) is 5.32 Å². The minimum Gasteiger partial charge on any atom is -0.493 e. The number of ether oxygens (including phenoxy) is 1. The topological polar surface area (TPSA) is 64.3 Å². The molecule has 19 heavy (non-hydrogen) atoms. The molecule has 2 rings (SSSR count). The van der Waals surface area contributed by atoms with Gasteiger partial charge in [0.15, 0.2) is 0 Å². The fourth-order valence-corrected chi connectivity index (χ4v) is 2.22. The van der Waals surface area contributed by atoms with Crippen molar-refractivity contribution in [3.63, 3.8) is 0 Å². The van der Waals surface area contributed by atoms with Crippen LogP contribution in [0.15, 0.2) is 24.3 Å². The third kappa shape index (κ3) is 4.16. The molecule has 104 valence electrons. The summed E-state index contributed by atoms with van der Waals surface area (Å²) in [5.74, 6) is 0.760. The van der Waals surface area contributed by atoms with Crippen LogP contribution in [0.5, 0.6) is 5.75 Å². The molecule has 1 aromatic rings. The van der Waals surface area contributed by atoms with Crippen molar-refractivity contribution in [2.75, 3.05) is 18.9 Å². The first-order chi connectivity index (χ1) is 9.07. The van der Waals surface area contributed by atoms with Gasteiger partial charge in [0.1, 0.15) is 5.75 Å². The number of hydrogen-bond donors (Lipinski definition) is 2. The monoisotopic (exact) mass is 262 g/mol. The van der Waals surface area contributed by atoms with Crippen LogP contribution in [0.25, 0.3) is 0 Å². The number of carbonyl (C=O) groups is 1. The van der Waals surface area contributed by atoms with Crippen molar-refractivity contribution in [3.8, 4) is 5.75 Å². The van der Waals surface area contributed by atoms with E-state index in [4.69, 9.17) is 10.5 Å². The van der Waals surface area contributed by atoms with Crippen LogP contribution in [0.2, 0.25) is 0 Å². The van der Waals surface area contributed by atoms with Crippen LogP contribution in [-0.4, -0.2) is 19.1 Å². The van der Waals surface area contributed by atoms with Gasteiger partial charge in [0.05, 0.1) is 13.0 Å². The lowest BCUT2D eigenvalue weighted by molar-refractivity contribution is -0.122. The predicted octanol–water partition coefficient (Wildman–Crippen LogP) is 2.34. The fraction of sp³-hybridized carbons (Fsp3) is 0.533. The third-order valence-corrected chi connectivity index (χ3v) is 3.73. The minimum atomic E-state index is 0.0528. The Labute approximate surface area is 114 Å². The van der Waals surface area contributed by atoms with Gasteiger partial charge < -0.3 is 15.8 Å². The number of amides is 1. The molecule has 1 saturated carbocycles. The second-order valence-corrected chi connectivity index (χ2v) is 5.61. The van der Waals surface area contributed by atoms with E-state index in [-0.39, 0.29) is 5.91 Å². The molecule has 4 heteroatoms. The van der Waals surface area contributed by atoms with Crippen LogP contribution >= 0.6 is 0 Å². The molecular weight excluding hydrogens is 240 g/mol. The Morgan fingerprint density at radius 3 is 2.89 bits per heavy atom. The first-order valence-electron chi connectivity index (χ1n) is 6.82. The number of nitrogens with two attached hydrogens (primary N) is 1. The van der Waals surface area contributed by atoms with Gasteiger partial charge in [0.25, 0.3) is 0 Å². The van der Waals surface area contributed by atoms with E-state index in [1.54, 1.807) is 12.1 Å². The first-order valence-corrected chi connectivity index (χ1v) is 6.82. The lowest BCUT2D eigenvalue weighted by Crippen LogP contribution is -2.40. The van der Waals surface area contributed by atoms with E-state index in [1.807, 2.05) is 12.1 Å². The van der Waals surface area contributed by atoms with Crippen LogP contribution in [-0.2, 0) is 4.79 Å². The summed E-state index contributed by atoms with van der Waals surface area (Å²) >= 11 is 0. The Bertz CT molecular complexity index is 442. The van der Waals surface area contributed by atoms with Crippen molar-refractivity contribution in [2.24, 2.45) is 5.41 Å². The summed E-state index contributed by atoms with van der Waals surface area (Å²) in [5, 5.41) is 2.98. The molecule has 1 fully saturated rings. The quantitative estimate of drug-likeness (QED) is 0.773. The SMILES string of the molecule is CC1(CNC(=O)CCOc2cccc(N)c2)CCC1. The van der Waals surface area contributed by atoms with Crippen LogP contribution < -0.4 is 15.8 Å². The van der Waals surface area contributed by atoms with E-state index in [0.717, 1.165) is 6.54 Å². The van der Waals surface area contributed by atoms with Gasteiger partial charge in [-0.3, -0.25) is 4.79 Å². The van der Waals surface area contributed by atoms with Gasteiger partial charge in [-0.1, -0.05) is 19.4 Å². The zero-order chi connectivity index (χ0) is 13.7. The minimum absolute atomic E-state index is 0.0528. The number of nitrogens with one attached hydrogen (secondary N) is 1. The lowest BCUT2D eigenvalue weighted by atomic mass is 9.70. The normalized spacial score (nSPS) is 16.5. The van der Waals surface area contributed by atoms with Crippen molar-refractivity contribution in [3.05, 3.63) is 24.3 Å². The van der Waals surface area contributed by atoms with Gasteiger partial charge in [-0.2, -0.15) is 0 Å². The van der Waals surface area contributed by atoms with Gasteiger partial charge in [-0.15, -0.1) is 0 Å². The molecule has 0 bridgehead atoms. The highest BCUT2D eigenvalue weighted by Gasteiger charge is 2.31. The molecule has 4 nitrogen and oxygen atoms in total. The molecule has 1 aromatic carbocycles. The number of carbonyl (C=O) groups excluding carboxylic acids is 1. The molecule has 1 amide bonds. The van der Waals surface area contributed by atoms with Crippen molar-refractivity contribution in [2.45, 2.75) is 32.6 Å². The molecule has 0 atom stereocenters. The summed E-state index contributed by atoms with van der Waals surface area (Å²) in [6.07, 6.45) is 4.09. The smallest absolute Gasteiger partial charge is 0.223 e. The molecule has 0 unspecified atom stereocenters. The Kier molecular flexibility index (Phi) is 4.30. The van der Waals surface area contributed by atoms with Crippen molar-refractivity contribution >= 4 is 11.6 Å². The van der Waals surface area contributed by atoms with Gasteiger partial charge in [-0.05, 0) is 30.4 Å². The van der Waals surface area contributed by atoms with Gasteiger partial charge in [-0.25, -0.2) is 0 Å². The van der Waals surface area contributed by atoms with E-state index < -0.39 is 0 Å². The molecule has 0 aromatic heterocycles. The maximum Gasteiger partial charge on any atom is 0.223 e. The summed E-state index contributed by atoms with van der Waals surface area (Å²) in [6.45, 7) is 3.39. The molecule has 0 radical (unpaired) electrons. The molecule has 0 saturated heterocycles. The highest BCUT2D eigenvalue weighted by Crippen LogP contribution is 2.39. The highest BCUT2D eigenvalue weighted by atomic mass is 16.5. The second kappa shape index (κ2) is 5.95. The van der Waals surface area contributed by atoms with Crippen LogP contribution in [0.1, 0.15) is 32.6 Å². The first kappa shape index (κ1) is 13.7. The fourth-order valence-electron chi connectivity index (χ4n) is 2.22. The summed E-state index contributed by atoms with van der Waals surface area (Å²) < 4.78 is 5.49. The van der Waals surface area contributed by atoms with Crippen molar-refractivity contribution < 1.29 is 9.53 Å². The standard InChI is InChI=1S/C15H22N2O2/c1-15(7-3-8-15)11-17-14(18)6-9-19-13-5-2-4-12(16)10-13/h2,4-5,10H,3,6-9,11,16H2,1H3,(H,17,18). The Morgan fingerprint density at radius 1 is 1.47 bits per heavy atom. The van der Waals surface area contributed by atoms with Gasteiger partial charge in [0, 0.05) is 18.3 Å². The molecule has 3 N–H and O–H groups in total. The Balaban J connectivity index is 1.63. The lowest BCUT2D eigenvalue weighted by Gasteiger charge is -2.38. The predicted molar refractivity (Wildman–Crippen MR) is 75.9 cm³/mol. The third-order valence-electron chi connectivity index (χ3n) is 3.73. The largest absolute Gasteiger partial charge is 0.493 e. The van der Waals surface area contributed by atoms with Crippen LogP contribution in [0, 0.1) is 5.41 Å². The van der Waals surface area contributed by atoms with E-state index in [2.05, 4.69) is 12.2 Å². The van der Waals surface area contributed by atoms with E-state index in [9.17, 15) is 4.79 Å². The maximum absolute atomic E-state index is 11.7. The molecule has 0 heterocycles. The molecule has 0 aliphatic heterocycles. The van der Waals surface area contributed by atoms with Crippen LogP contribution in [0.3, 0.4) is 0 Å². The Morgan fingerprint density at radius 2 is 2.26 bits per heavy atom. The van der Waals surface area contributed by atoms with E-state index in [1.165, 1.54) is 19.3 Å². The van der Waals surface area contributed by atoms with Gasteiger partial charge in [0.2, 0.25) is 5.91 Å². The molecule has 0 spiro atoms. The average molecular weight is 262 g/mol. The summed E-state index contributed by atoms with van der Waals surface area (Å²) in [5.41, 5.74) is 6.64. The molecular formula is C15H22N2O2. The number of hydrogen-bond acceptors (Lipinski definition) is 3. The second-order valence-electron chi connectivity index (χ2n) is 5.61.